The van der Waals surface area contributed by atoms with Gasteiger partial charge in [-0.2, -0.15) is 0 Å². The van der Waals surface area contributed by atoms with E-state index in [1.54, 1.807) is 6.07 Å². The summed E-state index contributed by atoms with van der Waals surface area (Å²) < 4.78 is 27.4. The van der Waals surface area contributed by atoms with Crippen LogP contribution in [0.3, 0.4) is 0 Å². The molecule has 5 nitrogen and oxygen atoms in total. The monoisotopic (exact) mass is 216 g/mol. The van der Waals surface area contributed by atoms with Gasteiger partial charge in [0.05, 0.1) is 17.2 Å². The lowest BCUT2D eigenvalue weighted by Gasteiger charge is -2.17. The van der Waals surface area contributed by atoms with Gasteiger partial charge in [0.2, 0.25) is 5.88 Å². The molecule has 0 aliphatic carbocycles. The average Bonchev–Trinajstić information content (AvgIpc) is 2.57. The highest BCUT2D eigenvalue weighted by molar-refractivity contribution is 7.91. The third-order valence-corrected chi connectivity index (χ3v) is 4.55. The smallest absolute Gasteiger partial charge is 0.222 e. The number of rotatable bonds is 1. The summed E-state index contributed by atoms with van der Waals surface area (Å²) in [6, 6.07) is 1.60. The van der Waals surface area contributed by atoms with Crippen LogP contribution in [0.4, 0.5) is 5.88 Å². The summed E-state index contributed by atoms with van der Waals surface area (Å²) in [7, 11) is -2.92. The van der Waals surface area contributed by atoms with E-state index in [9.17, 15) is 8.42 Å². The number of sulfone groups is 1. The fourth-order valence-corrected chi connectivity index (χ4v) is 3.96. The first-order chi connectivity index (χ1) is 6.41. The number of nitrogens with zero attached hydrogens (tertiary/aromatic N) is 1. The normalized spacial score (nSPS) is 30.6. The van der Waals surface area contributed by atoms with E-state index >= 15 is 0 Å². The SMILES string of the molecule is CC1(c2cc(N)on2)CCS(=O)(=O)C1. The first-order valence-electron chi connectivity index (χ1n) is 4.34. The van der Waals surface area contributed by atoms with Crippen molar-refractivity contribution in [1.29, 1.82) is 0 Å². The van der Waals surface area contributed by atoms with Gasteiger partial charge in [0, 0.05) is 11.5 Å². The van der Waals surface area contributed by atoms with E-state index in [2.05, 4.69) is 5.16 Å². The number of anilines is 1. The van der Waals surface area contributed by atoms with Crippen LogP contribution < -0.4 is 5.73 Å². The molecule has 1 unspecified atom stereocenters. The van der Waals surface area contributed by atoms with Crippen molar-refractivity contribution in [3.63, 3.8) is 0 Å². The summed E-state index contributed by atoms with van der Waals surface area (Å²) in [5.41, 5.74) is 5.60. The first kappa shape index (κ1) is 9.51. The summed E-state index contributed by atoms with van der Waals surface area (Å²) >= 11 is 0. The third-order valence-electron chi connectivity index (χ3n) is 2.65. The Kier molecular flexibility index (Phi) is 1.85. The van der Waals surface area contributed by atoms with Crippen LogP contribution in [0, 0.1) is 0 Å². The van der Waals surface area contributed by atoms with Crippen molar-refractivity contribution in [1.82, 2.24) is 5.16 Å². The highest BCUT2D eigenvalue weighted by Gasteiger charge is 2.41. The van der Waals surface area contributed by atoms with Gasteiger partial charge in [0.15, 0.2) is 9.84 Å². The minimum absolute atomic E-state index is 0.131. The maximum absolute atomic E-state index is 11.3. The van der Waals surface area contributed by atoms with Crippen LogP contribution in [0.1, 0.15) is 19.0 Å². The molecule has 0 radical (unpaired) electrons. The molecule has 1 aromatic rings. The number of aromatic nitrogens is 1. The minimum Gasteiger partial charge on any atom is -0.368 e. The fourth-order valence-electron chi connectivity index (χ4n) is 1.79. The zero-order chi connectivity index (χ0) is 10.4. The van der Waals surface area contributed by atoms with Crippen LogP contribution in [-0.4, -0.2) is 25.1 Å². The Morgan fingerprint density at radius 1 is 1.64 bits per heavy atom. The van der Waals surface area contributed by atoms with Gasteiger partial charge in [-0.05, 0) is 6.42 Å². The molecule has 78 valence electrons. The quantitative estimate of drug-likeness (QED) is 0.731. The second-order valence-electron chi connectivity index (χ2n) is 4.02. The Balaban J connectivity index is 2.36. The van der Waals surface area contributed by atoms with Gasteiger partial charge in [-0.25, -0.2) is 8.42 Å². The second kappa shape index (κ2) is 2.73. The maximum atomic E-state index is 11.3. The van der Waals surface area contributed by atoms with E-state index in [1.165, 1.54) is 0 Å². The predicted molar refractivity (Wildman–Crippen MR) is 51.5 cm³/mol. The average molecular weight is 216 g/mol. The van der Waals surface area contributed by atoms with Gasteiger partial charge < -0.3 is 10.3 Å². The molecule has 2 rings (SSSR count). The Morgan fingerprint density at radius 2 is 2.36 bits per heavy atom. The largest absolute Gasteiger partial charge is 0.368 e. The highest BCUT2D eigenvalue weighted by Crippen LogP contribution is 2.35. The lowest BCUT2D eigenvalue weighted by molar-refractivity contribution is 0.398. The summed E-state index contributed by atoms with van der Waals surface area (Å²) in [5, 5.41) is 3.77. The number of hydrogen-bond acceptors (Lipinski definition) is 5. The molecule has 1 aliphatic heterocycles. The van der Waals surface area contributed by atoms with Crippen LogP contribution in [-0.2, 0) is 15.3 Å². The van der Waals surface area contributed by atoms with Crippen molar-refractivity contribution in [2.75, 3.05) is 17.2 Å². The molecule has 6 heteroatoms. The molecule has 0 bridgehead atoms. The van der Waals surface area contributed by atoms with Gasteiger partial charge in [-0.3, -0.25) is 0 Å². The van der Waals surface area contributed by atoms with Crippen molar-refractivity contribution in [2.45, 2.75) is 18.8 Å². The molecule has 0 spiro atoms. The summed E-state index contributed by atoms with van der Waals surface area (Å²) in [6.45, 7) is 1.87. The molecule has 1 fully saturated rings. The van der Waals surface area contributed by atoms with Gasteiger partial charge >= 0.3 is 0 Å². The Bertz CT molecular complexity index is 451. The topological polar surface area (TPSA) is 86.2 Å². The van der Waals surface area contributed by atoms with Crippen molar-refractivity contribution in [3.8, 4) is 0 Å². The number of hydrogen-bond donors (Lipinski definition) is 1. The first-order valence-corrected chi connectivity index (χ1v) is 6.17. The number of nitrogen functional groups attached to an aromatic ring is 1. The van der Waals surface area contributed by atoms with E-state index in [0.717, 1.165) is 0 Å². The molecular weight excluding hydrogens is 204 g/mol. The molecule has 1 aromatic heterocycles. The molecule has 0 amide bonds. The number of nitrogens with two attached hydrogens (primary N) is 1. The van der Waals surface area contributed by atoms with E-state index in [0.29, 0.717) is 12.1 Å². The van der Waals surface area contributed by atoms with E-state index in [-0.39, 0.29) is 17.4 Å². The fraction of sp³-hybridized carbons (Fsp3) is 0.625. The molecule has 2 N–H and O–H groups in total. The predicted octanol–water partition coefficient (Wildman–Crippen LogP) is 0.333. The van der Waals surface area contributed by atoms with Crippen molar-refractivity contribution < 1.29 is 12.9 Å². The molecule has 0 aromatic carbocycles. The van der Waals surface area contributed by atoms with E-state index in [1.807, 2.05) is 6.92 Å². The van der Waals surface area contributed by atoms with Crippen molar-refractivity contribution in [3.05, 3.63) is 11.8 Å². The lowest BCUT2D eigenvalue weighted by atomic mass is 9.87. The molecular formula is C8H12N2O3S. The van der Waals surface area contributed by atoms with Gasteiger partial charge in [-0.1, -0.05) is 12.1 Å². The Labute approximate surface area is 82.2 Å². The zero-order valence-corrected chi connectivity index (χ0v) is 8.67. The van der Waals surface area contributed by atoms with Crippen LogP contribution >= 0.6 is 0 Å². The van der Waals surface area contributed by atoms with E-state index in [4.69, 9.17) is 10.3 Å². The van der Waals surface area contributed by atoms with Gasteiger partial charge in [0.1, 0.15) is 0 Å². The molecule has 2 heterocycles. The second-order valence-corrected chi connectivity index (χ2v) is 6.20. The highest BCUT2D eigenvalue weighted by atomic mass is 32.2. The van der Waals surface area contributed by atoms with Crippen molar-refractivity contribution >= 4 is 15.7 Å². The molecule has 1 atom stereocenters. The summed E-state index contributed by atoms with van der Waals surface area (Å²) in [6.07, 6.45) is 0.585. The Morgan fingerprint density at radius 3 is 2.79 bits per heavy atom. The summed E-state index contributed by atoms with van der Waals surface area (Å²) in [5.74, 6) is 0.577. The molecule has 1 saturated heterocycles. The molecule has 1 aliphatic rings. The minimum atomic E-state index is -2.92. The van der Waals surface area contributed by atoms with Crippen LogP contribution in [0.5, 0.6) is 0 Å². The zero-order valence-electron chi connectivity index (χ0n) is 7.86. The summed E-state index contributed by atoms with van der Waals surface area (Å²) in [4.78, 5) is 0. The van der Waals surface area contributed by atoms with E-state index < -0.39 is 15.3 Å². The van der Waals surface area contributed by atoms with Gasteiger partial charge in [0.25, 0.3) is 0 Å². The Hall–Kier alpha value is -1.04. The maximum Gasteiger partial charge on any atom is 0.222 e. The standard InChI is InChI=1S/C8H12N2O3S/c1-8(2-3-14(11,12)5-8)6-4-7(9)13-10-6/h4H,2-3,5,9H2,1H3. The van der Waals surface area contributed by atoms with Crippen LogP contribution in [0.15, 0.2) is 10.6 Å². The van der Waals surface area contributed by atoms with Crippen molar-refractivity contribution in [2.24, 2.45) is 0 Å². The third kappa shape index (κ3) is 1.50. The molecule has 0 saturated carbocycles. The molecule has 14 heavy (non-hydrogen) atoms. The van der Waals surface area contributed by atoms with Gasteiger partial charge in [-0.15, -0.1) is 0 Å². The lowest BCUT2D eigenvalue weighted by Crippen LogP contribution is -2.23. The van der Waals surface area contributed by atoms with Crippen LogP contribution in [0.25, 0.3) is 0 Å². The van der Waals surface area contributed by atoms with Crippen LogP contribution in [0.2, 0.25) is 0 Å².